The number of aliphatic carboxylic acids is 1. The number of aliphatic hydroxyl groups excluding tert-OH is 3. The number of amides is 3. The molecule has 0 spiro atoms. The predicted octanol–water partition coefficient (Wildman–Crippen LogP) is 2.43. The number of rotatable bonds is 15. The average Bonchev–Trinajstić information content (AvgIpc) is 3.91. The number of carboxylic acid groups (broad SMARTS) is 1. The van der Waals surface area contributed by atoms with Crippen LogP contribution in [0.2, 0.25) is 0 Å². The molecule has 17 heteroatoms. The number of anilines is 1. The number of allylic oxidation sites excluding steroid dienone is 4. The van der Waals surface area contributed by atoms with Gasteiger partial charge >= 0.3 is 5.97 Å². The Kier molecular flexibility index (Phi) is 12.4. The molecule has 0 radical (unpaired) electrons. The minimum atomic E-state index is -1.49. The standard InChI is InChI=1S/C43H51BrN4O12/c1-41-11-9-27(51)14-26(41)4-5-28-29-15-34-43(33(53)22-50,42(29,2)16-32(52)38(28)41)60-40(59-34)24-10-12-48(20-24)19-23-3-6-30(25(13-23)21-49)47-39(58)31(7-8-37(56)57)46-36(55)18-45-35(54)17-44/h3,6,9-14,20,28-29,31-32,34,38,40,49-50,52H,4-5,7-8,15-19,21-22H2,1-2H3,(H,45,54)(H,46,55)(H,47,58)(H,56,57)/t28-,29-,31-,32-,34+,38+,40+,41-,42-,43+/m0/s1. The van der Waals surface area contributed by atoms with Gasteiger partial charge in [0.1, 0.15) is 12.6 Å². The summed E-state index contributed by atoms with van der Waals surface area (Å²) >= 11 is 2.98. The van der Waals surface area contributed by atoms with Crippen molar-refractivity contribution in [3.8, 4) is 0 Å². The number of fused-ring (bicyclic) bond motifs is 7. The zero-order chi connectivity index (χ0) is 43.1. The number of halogens is 1. The number of ether oxygens (including phenoxy) is 2. The number of benzene rings is 1. The van der Waals surface area contributed by atoms with Gasteiger partial charge in [-0.05, 0) is 79.9 Å². The quantitative estimate of drug-likeness (QED) is 0.128. The Labute approximate surface area is 354 Å². The van der Waals surface area contributed by atoms with Gasteiger partial charge in [0, 0.05) is 58.9 Å². The number of carbonyl (C=O) groups excluding carboxylic acids is 5. The summed E-state index contributed by atoms with van der Waals surface area (Å²) in [6.07, 6.45) is 8.12. The molecule has 4 aliphatic carbocycles. The molecule has 1 aliphatic heterocycles. The average molecular weight is 896 g/mol. The van der Waals surface area contributed by atoms with Crippen LogP contribution in [0.4, 0.5) is 5.69 Å². The van der Waals surface area contributed by atoms with Gasteiger partial charge < -0.3 is 50.4 Å². The molecular weight excluding hydrogens is 844 g/mol. The predicted molar refractivity (Wildman–Crippen MR) is 217 cm³/mol. The van der Waals surface area contributed by atoms with Gasteiger partial charge in [0.2, 0.25) is 17.7 Å². The lowest BCUT2D eigenvalue weighted by Crippen LogP contribution is -2.63. The molecule has 322 valence electrons. The molecule has 1 saturated heterocycles. The van der Waals surface area contributed by atoms with Crippen molar-refractivity contribution in [2.45, 2.75) is 95.7 Å². The van der Waals surface area contributed by atoms with E-state index in [0.29, 0.717) is 30.5 Å². The lowest BCUT2D eigenvalue weighted by molar-refractivity contribution is -0.201. The third-order valence-electron chi connectivity index (χ3n) is 13.7. The molecule has 16 nitrogen and oxygen atoms in total. The molecule has 2 aromatic rings. The molecule has 10 atom stereocenters. The number of hydrogen-bond donors (Lipinski definition) is 7. The molecule has 2 heterocycles. The summed E-state index contributed by atoms with van der Waals surface area (Å²) in [4.78, 5) is 74.7. The molecule has 0 unspecified atom stereocenters. The van der Waals surface area contributed by atoms with Gasteiger partial charge in [0.05, 0.1) is 30.7 Å². The van der Waals surface area contributed by atoms with Crippen LogP contribution in [-0.2, 0) is 51.4 Å². The summed E-state index contributed by atoms with van der Waals surface area (Å²) in [5.41, 5.74) is 0.245. The minimum Gasteiger partial charge on any atom is -0.481 e. The third kappa shape index (κ3) is 7.79. The zero-order valence-electron chi connectivity index (χ0n) is 33.4. The normalized spacial score (nSPS) is 31.8. The highest BCUT2D eigenvalue weighted by Crippen LogP contribution is 2.70. The van der Waals surface area contributed by atoms with Crippen LogP contribution < -0.4 is 16.0 Å². The molecule has 4 fully saturated rings. The molecule has 7 rings (SSSR count). The minimum absolute atomic E-state index is 0.0238. The first-order chi connectivity index (χ1) is 28.6. The van der Waals surface area contributed by atoms with Crippen LogP contribution in [0, 0.1) is 28.6 Å². The molecular formula is C43H51BrN4O12. The van der Waals surface area contributed by atoms with E-state index in [4.69, 9.17) is 9.47 Å². The fourth-order valence-electron chi connectivity index (χ4n) is 11.0. The highest BCUT2D eigenvalue weighted by molar-refractivity contribution is 9.09. The Balaban J connectivity index is 1.04. The first kappa shape index (κ1) is 43.6. The molecule has 60 heavy (non-hydrogen) atoms. The summed E-state index contributed by atoms with van der Waals surface area (Å²) in [6, 6.07) is 5.62. The van der Waals surface area contributed by atoms with E-state index in [1.807, 2.05) is 36.0 Å². The van der Waals surface area contributed by atoms with Gasteiger partial charge in [-0.3, -0.25) is 28.8 Å². The van der Waals surface area contributed by atoms with Gasteiger partial charge in [0.25, 0.3) is 0 Å². The second-order valence-corrected chi connectivity index (χ2v) is 17.6. The number of carboxylic acids is 1. The van der Waals surface area contributed by atoms with Crippen molar-refractivity contribution in [2.24, 2.45) is 28.6 Å². The SMILES string of the molecule is C[C@]12C=CC(=O)C=C1CC[C@@H]1[C@@H]2[C@@H](O)C[C@@]2(C)[C@H]1C[C@H]1O[C@@H](c3ccn(Cc4ccc(NC(=O)[C@H](CCC(=O)O)NC(=O)CNC(=O)CBr)c(CO)c4)c3)O[C@]12C(=O)CO. The first-order valence-electron chi connectivity index (χ1n) is 20.2. The number of aliphatic hydroxyl groups is 3. The second-order valence-electron chi connectivity index (χ2n) is 17.1. The Hall–Kier alpha value is -4.52. The van der Waals surface area contributed by atoms with Gasteiger partial charge in [-0.15, -0.1) is 0 Å². The maximum atomic E-state index is 13.9. The molecule has 3 saturated carbocycles. The Morgan fingerprint density at radius 3 is 2.60 bits per heavy atom. The van der Waals surface area contributed by atoms with E-state index in [0.717, 1.165) is 17.6 Å². The summed E-state index contributed by atoms with van der Waals surface area (Å²) in [7, 11) is 0. The van der Waals surface area contributed by atoms with E-state index < -0.39 is 96.6 Å². The van der Waals surface area contributed by atoms with Crippen LogP contribution >= 0.6 is 15.9 Å². The van der Waals surface area contributed by atoms with Crippen molar-refractivity contribution in [2.75, 3.05) is 23.8 Å². The van der Waals surface area contributed by atoms with Gasteiger partial charge in [-0.25, -0.2) is 0 Å². The fourth-order valence-corrected chi connectivity index (χ4v) is 11.2. The number of Topliss-reactive ketones (excluding diaryl/α,β-unsaturated/α-hetero) is 1. The van der Waals surface area contributed by atoms with Crippen molar-refractivity contribution in [3.05, 3.63) is 77.2 Å². The van der Waals surface area contributed by atoms with E-state index >= 15 is 0 Å². The lowest BCUT2D eigenvalue weighted by atomic mass is 9.46. The zero-order valence-corrected chi connectivity index (χ0v) is 35.0. The number of alkyl halides is 1. The summed E-state index contributed by atoms with van der Waals surface area (Å²) in [6.45, 7) is 2.81. The van der Waals surface area contributed by atoms with Gasteiger partial charge in [-0.2, -0.15) is 0 Å². The second kappa shape index (κ2) is 17.1. The molecule has 1 aromatic heterocycles. The van der Waals surface area contributed by atoms with E-state index in [1.165, 1.54) is 0 Å². The van der Waals surface area contributed by atoms with E-state index in [-0.39, 0.29) is 47.4 Å². The summed E-state index contributed by atoms with van der Waals surface area (Å²) in [5.74, 6) is -3.67. The van der Waals surface area contributed by atoms with Crippen molar-refractivity contribution < 1.29 is 58.7 Å². The smallest absolute Gasteiger partial charge is 0.303 e. The maximum Gasteiger partial charge on any atom is 0.303 e. The largest absolute Gasteiger partial charge is 0.481 e. The van der Waals surface area contributed by atoms with Crippen molar-refractivity contribution in [3.63, 3.8) is 0 Å². The number of nitrogens with zero attached hydrogens (tertiary/aromatic N) is 1. The fraction of sp³-hybridized carbons (Fsp3) is 0.535. The lowest BCUT2D eigenvalue weighted by Gasteiger charge is -2.59. The van der Waals surface area contributed by atoms with Crippen LogP contribution in [-0.4, -0.2) is 103 Å². The highest BCUT2D eigenvalue weighted by atomic mass is 79.9. The van der Waals surface area contributed by atoms with Crippen molar-refractivity contribution in [1.82, 2.24) is 15.2 Å². The van der Waals surface area contributed by atoms with E-state index in [1.54, 1.807) is 30.4 Å². The summed E-state index contributed by atoms with van der Waals surface area (Å²) in [5, 5.41) is 49.2. The third-order valence-corrected chi connectivity index (χ3v) is 14.2. The van der Waals surface area contributed by atoms with Gasteiger partial charge in [-0.1, -0.05) is 47.5 Å². The van der Waals surface area contributed by atoms with Crippen LogP contribution in [0.1, 0.15) is 75.4 Å². The van der Waals surface area contributed by atoms with Gasteiger partial charge in [0.15, 0.2) is 23.5 Å². The number of aromatic nitrogens is 1. The molecule has 5 aliphatic rings. The van der Waals surface area contributed by atoms with Crippen LogP contribution in [0.15, 0.2) is 60.5 Å². The summed E-state index contributed by atoms with van der Waals surface area (Å²) < 4.78 is 15.2. The van der Waals surface area contributed by atoms with Crippen molar-refractivity contribution in [1.29, 1.82) is 0 Å². The van der Waals surface area contributed by atoms with E-state index in [9.17, 15) is 49.2 Å². The Morgan fingerprint density at radius 1 is 1.10 bits per heavy atom. The van der Waals surface area contributed by atoms with E-state index in [2.05, 4.69) is 38.8 Å². The molecule has 3 amide bonds. The molecule has 1 aromatic carbocycles. The molecule has 7 N–H and O–H groups in total. The van der Waals surface area contributed by atoms with Crippen LogP contribution in [0.3, 0.4) is 0 Å². The number of carbonyl (C=O) groups is 6. The number of ketones is 2. The number of nitrogens with one attached hydrogen (secondary N) is 3. The monoisotopic (exact) mass is 894 g/mol. The Bertz CT molecular complexity index is 2140. The highest BCUT2D eigenvalue weighted by Gasteiger charge is 2.76. The van der Waals surface area contributed by atoms with Crippen LogP contribution in [0.5, 0.6) is 0 Å². The maximum absolute atomic E-state index is 13.9. The molecule has 0 bridgehead atoms. The Morgan fingerprint density at radius 2 is 1.88 bits per heavy atom. The van der Waals surface area contributed by atoms with Crippen LogP contribution in [0.25, 0.3) is 0 Å². The van der Waals surface area contributed by atoms with Crippen molar-refractivity contribution >= 4 is 56.9 Å². The topological polar surface area (TPSA) is 243 Å². The number of hydrogen-bond acceptors (Lipinski definition) is 11. The first-order valence-corrected chi connectivity index (χ1v) is 21.3.